The minimum Gasteiger partial charge on any atom is -0.492 e. The molecule has 0 spiro atoms. The van der Waals surface area contributed by atoms with Crippen molar-refractivity contribution < 1.29 is 19.0 Å². The zero-order valence-corrected chi connectivity index (χ0v) is 20.4. The molecule has 1 aromatic carbocycles. The van der Waals surface area contributed by atoms with Crippen molar-refractivity contribution in [1.29, 1.82) is 0 Å². The third kappa shape index (κ3) is 4.74. The van der Waals surface area contributed by atoms with Gasteiger partial charge in [0.25, 0.3) is 5.56 Å². The van der Waals surface area contributed by atoms with Crippen molar-refractivity contribution in [3.63, 3.8) is 0 Å². The third-order valence-corrected chi connectivity index (χ3v) is 5.82. The van der Waals surface area contributed by atoms with Crippen molar-refractivity contribution in [2.75, 3.05) is 49.7 Å². The number of aromatic nitrogens is 4. The highest BCUT2D eigenvalue weighted by Crippen LogP contribution is 2.39. The van der Waals surface area contributed by atoms with Crippen molar-refractivity contribution in [2.24, 2.45) is 14.1 Å². The van der Waals surface area contributed by atoms with Gasteiger partial charge in [-0.2, -0.15) is 0 Å². The van der Waals surface area contributed by atoms with Gasteiger partial charge in [-0.15, -0.1) is 0 Å². The first kappa shape index (κ1) is 24.3. The zero-order valence-electron chi connectivity index (χ0n) is 20.4. The van der Waals surface area contributed by atoms with E-state index in [9.17, 15) is 14.4 Å². The first-order valence-electron chi connectivity index (χ1n) is 11.5. The number of benzene rings is 1. The summed E-state index contributed by atoms with van der Waals surface area (Å²) < 4.78 is 20.9. The first-order chi connectivity index (χ1) is 16.8. The highest BCUT2D eigenvalue weighted by Gasteiger charge is 2.21. The summed E-state index contributed by atoms with van der Waals surface area (Å²) in [5.74, 6) is 0.757. The quantitative estimate of drug-likeness (QED) is 0.494. The minimum atomic E-state index is -0.517. The van der Waals surface area contributed by atoms with Gasteiger partial charge in [-0.25, -0.2) is 9.78 Å². The molecule has 0 radical (unpaired) electrons. The van der Waals surface area contributed by atoms with Crippen LogP contribution in [0.5, 0.6) is 11.5 Å². The number of nitrogens with one attached hydrogen (secondary N) is 1. The van der Waals surface area contributed by atoms with Crippen molar-refractivity contribution in [3.8, 4) is 11.5 Å². The summed E-state index contributed by atoms with van der Waals surface area (Å²) in [6.07, 6.45) is 1.38. The Kier molecular flexibility index (Phi) is 7.10. The van der Waals surface area contributed by atoms with Crippen molar-refractivity contribution in [1.82, 2.24) is 18.7 Å². The average molecular weight is 487 g/mol. The molecule has 0 aliphatic carbocycles. The standard InChI is InChI=1S/C23H30N6O6/c1-5-34-17-12-16(28-7-9-33-10-8-28)18(35-6-2)11-15(17)25-19(30)13-29-14-24-21-20(29)22(31)27(4)23(32)26(21)3/h11-12,14H,5-10,13H2,1-4H3,(H,25,30). The van der Waals surface area contributed by atoms with Gasteiger partial charge in [0.1, 0.15) is 18.0 Å². The number of ether oxygens (including phenoxy) is 3. The molecule has 12 nitrogen and oxygen atoms in total. The molecule has 3 heterocycles. The molecule has 3 aromatic rings. The SMILES string of the molecule is CCOc1cc(N2CCOCC2)c(OCC)cc1NC(=O)Cn1cnc2c1c(=O)n(C)c(=O)n2C. The largest absolute Gasteiger partial charge is 0.492 e. The van der Waals surface area contributed by atoms with E-state index in [0.29, 0.717) is 43.6 Å². The van der Waals surface area contributed by atoms with E-state index in [1.54, 1.807) is 6.07 Å². The monoisotopic (exact) mass is 486 g/mol. The second-order valence-electron chi connectivity index (χ2n) is 8.08. The summed E-state index contributed by atoms with van der Waals surface area (Å²) in [4.78, 5) is 44.2. The van der Waals surface area contributed by atoms with E-state index in [4.69, 9.17) is 14.2 Å². The smallest absolute Gasteiger partial charge is 0.332 e. The fraction of sp³-hybridized carbons (Fsp3) is 0.478. The van der Waals surface area contributed by atoms with Crippen LogP contribution in [-0.2, 0) is 30.2 Å². The van der Waals surface area contributed by atoms with Gasteiger partial charge in [-0.05, 0) is 13.8 Å². The number of carbonyl (C=O) groups excluding carboxylic acids is 1. The van der Waals surface area contributed by atoms with Crippen LogP contribution in [0.3, 0.4) is 0 Å². The van der Waals surface area contributed by atoms with Crippen LogP contribution in [0.15, 0.2) is 28.0 Å². The molecule has 1 N–H and O–H groups in total. The van der Waals surface area contributed by atoms with Crippen LogP contribution in [0.2, 0.25) is 0 Å². The van der Waals surface area contributed by atoms with E-state index < -0.39 is 11.2 Å². The Morgan fingerprint density at radius 3 is 2.43 bits per heavy atom. The minimum absolute atomic E-state index is 0.174. The molecule has 1 aliphatic heterocycles. The molecule has 0 atom stereocenters. The van der Waals surface area contributed by atoms with Gasteiger partial charge >= 0.3 is 5.69 Å². The van der Waals surface area contributed by atoms with Crippen LogP contribution in [0.1, 0.15) is 13.8 Å². The second-order valence-corrected chi connectivity index (χ2v) is 8.08. The lowest BCUT2D eigenvalue weighted by Gasteiger charge is -2.31. The maximum atomic E-state index is 13.0. The lowest BCUT2D eigenvalue weighted by Crippen LogP contribution is -2.37. The normalized spacial score (nSPS) is 13.8. The van der Waals surface area contributed by atoms with Crippen LogP contribution in [-0.4, -0.2) is 64.1 Å². The third-order valence-electron chi connectivity index (χ3n) is 5.82. The van der Waals surface area contributed by atoms with Crippen LogP contribution in [0.4, 0.5) is 11.4 Å². The number of fused-ring (bicyclic) bond motifs is 1. The Hall–Kier alpha value is -3.80. The number of hydrogen-bond acceptors (Lipinski definition) is 8. The van der Waals surface area contributed by atoms with E-state index in [0.717, 1.165) is 23.3 Å². The topological polar surface area (TPSA) is 122 Å². The van der Waals surface area contributed by atoms with Crippen LogP contribution >= 0.6 is 0 Å². The predicted octanol–water partition coefficient (Wildman–Crippen LogP) is 0.706. The molecular formula is C23H30N6O6. The summed E-state index contributed by atoms with van der Waals surface area (Å²) in [6, 6.07) is 3.62. The molecule has 0 bridgehead atoms. The average Bonchev–Trinajstić information content (AvgIpc) is 3.27. The van der Waals surface area contributed by atoms with Gasteiger partial charge < -0.3 is 29.0 Å². The molecule has 1 fully saturated rings. The van der Waals surface area contributed by atoms with Gasteiger partial charge in [0, 0.05) is 39.3 Å². The number of imidazole rings is 1. The van der Waals surface area contributed by atoms with E-state index in [1.807, 2.05) is 19.9 Å². The molecule has 0 saturated carbocycles. The molecule has 4 rings (SSSR count). The summed E-state index contributed by atoms with van der Waals surface area (Å²) in [7, 11) is 2.92. The number of carbonyl (C=O) groups is 1. The van der Waals surface area contributed by atoms with Gasteiger partial charge in [0.05, 0.1) is 44.1 Å². The Bertz CT molecular complexity index is 1350. The van der Waals surface area contributed by atoms with Crippen LogP contribution in [0.25, 0.3) is 11.2 Å². The lowest BCUT2D eigenvalue weighted by molar-refractivity contribution is -0.116. The van der Waals surface area contributed by atoms with Crippen molar-refractivity contribution >= 4 is 28.4 Å². The number of morpholine rings is 1. The Balaban J connectivity index is 1.65. The molecule has 1 aliphatic rings. The van der Waals surface area contributed by atoms with Crippen LogP contribution < -0.4 is 30.9 Å². The number of nitrogens with zero attached hydrogens (tertiary/aromatic N) is 5. The van der Waals surface area contributed by atoms with E-state index in [2.05, 4.69) is 15.2 Å². The molecule has 0 unspecified atom stereocenters. The van der Waals surface area contributed by atoms with Crippen molar-refractivity contribution in [3.05, 3.63) is 39.3 Å². The Labute approximate surface area is 201 Å². The molecule has 2 aromatic heterocycles. The zero-order chi connectivity index (χ0) is 25.1. The molecule has 35 heavy (non-hydrogen) atoms. The summed E-state index contributed by atoms with van der Waals surface area (Å²) >= 11 is 0. The van der Waals surface area contributed by atoms with E-state index >= 15 is 0 Å². The summed E-state index contributed by atoms with van der Waals surface area (Å²) in [5, 5.41) is 2.87. The number of hydrogen-bond donors (Lipinski definition) is 1. The number of aryl methyl sites for hydroxylation is 1. The highest BCUT2D eigenvalue weighted by atomic mass is 16.5. The maximum absolute atomic E-state index is 13.0. The number of amides is 1. The number of rotatable bonds is 8. The van der Waals surface area contributed by atoms with Crippen LogP contribution in [0, 0.1) is 0 Å². The predicted molar refractivity (Wildman–Crippen MR) is 131 cm³/mol. The van der Waals surface area contributed by atoms with Crippen molar-refractivity contribution in [2.45, 2.75) is 20.4 Å². The van der Waals surface area contributed by atoms with Gasteiger partial charge in [-0.1, -0.05) is 0 Å². The molecule has 1 saturated heterocycles. The highest BCUT2D eigenvalue weighted by molar-refractivity contribution is 5.94. The Morgan fingerprint density at radius 1 is 1.06 bits per heavy atom. The van der Waals surface area contributed by atoms with Gasteiger partial charge in [0.2, 0.25) is 5.91 Å². The molecule has 1 amide bonds. The number of anilines is 2. The summed E-state index contributed by atoms with van der Waals surface area (Å²) in [6.45, 7) is 7.16. The fourth-order valence-electron chi connectivity index (χ4n) is 4.11. The van der Waals surface area contributed by atoms with E-state index in [-0.39, 0.29) is 23.6 Å². The maximum Gasteiger partial charge on any atom is 0.332 e. The first-order valence-corrected chi connectivity index (χ1v) is 11.5. The fourth-order valence-corrected chi connectivity index (χ4v) is 4.11. The Morgan fingerprint density at radius 2 is 1.74 bits per heavy atom. The molecule has 12 heteroatoms. The second kappa shape index (κ2) is 10.2. The lowest BCUT2D eigenvalue weighted by atomic mass is 10.2. The molecule has 188 valence electrons. The van der Waals surface area contributed by atoms with Gasteiger partial charge in [-0.3, -0.25) is 18.7 Å². The van der Waals surface area contributed by atoms with E-state index in [1.165, 1.54) is 29.6 Å². The molecular weight excluding hydrogens is 456 g/mol. The summed E-state index contributed by atoms with van der Waals surface area (Å²) in [5.41, 5.74) is 0.727. The van der Waals surface area contributed by atoms with Gasteiger partial charge in [0.15, 0.2) is 11.2 Å².